The first-order valence-corrected chi connectivity index (χ1v) is 8.82. The monoisotopic (exact) mass is 397 g/mol. The van der Waals surface area contributed by atoms with E-state index in [1.807, 2.05) is 30.3 Å². The molecule has 0 aromatic heterocycles. The number of halogens is 1. The van der Waals surface area contributed by atoms with E-state index < -0.39 is 4.92 Å². The fourth-order valence-electron chi connectivity index (χ4n) is 2.68. The van der Waals surface area contributed by atoms with Gasteiger partial charge in [-0.15, -0.1) is 0 Å². The Morgan fingerprint density at radius 2 is 1.75 bits per heavy atom. The molecular formula is C20H16ClN3O4. The summed E-state index contributed by atoms with van der Waals surface area (Å²) in [6.07, 6.45) is 0.0236. The molecule has 3 rings (SSSR count). The molecule has 0 aliphatic heterocycles. The molecule has 0 aliphatic rings. The third-order valence-electron chi connectivity index (χ3n) is 4.08. The molecule has 0 saturated heterocycles. The van der Waals surface area contributed by atoms with Crippen LogP contribution in [0.15, 0.2) is 60.7 Å². The van der Waals surface area contributed by atoms with Gasteiger partial charge in [0.05, 0.1) is 4.92 Å². The third kappa shape index (κ3) is 4.63. The zero-order chi connectivity index (χ0) is 20.1. The summed E-state index contributed by atoms with van der Waals surface area (Å²) in [5.41, 5.74) is 0.485. The Hall–Kier alpha value is -3.45. The molecule has 3 aromatic carbocycles. The van der Waals surface area contributed by atoms with Gasteiger partial charge in [0.25, 0.3) is 11.6 Å². The molecule has 0 saturated carbocycles. The Labute approximate surface area is 165 Å². The molecule has 0 radical (unpaired) electrons. The molecule has 0 atom stereocenters. The van der Waals surface area contributed by atoms with Gasteiger partial charge in [-0.1, -0.05) is 41.9 Å². The molecule has 2 N–H and O–H groups in total. The summed E-state index contributed by atoms with van der Waals surface area (Å²) in [6.45, 7) is 0.132. The van der Waals surface area contributed by atoms with Crippen molar-refractivity contribution in [3.63, 3.8) is 0 Å². The van der Waals surface area contributed by atoms with Crippen molar-refractivity contribution in [2.45, 2.75) is 6.42 Å². The van der Waals surface area contributed by atoms with Crippen molar-refractivity contribution in [2.24, 2.45) is 0 Å². The molecule has 3 aromatic rings. The highest BCUT2D eigenvalue weighted by molar-refractivity contribution is 6.32. The average molecular weight is 398 g/mol. The summed E-state index contributed by atoms with van der Waals surface area (Å²) in [6, 6.07) is 17.1. The summed E-state index contributed by atoms with van der Waals surface area (Å²) in [7, 11) is 0. The van der Waals surface area contributed by atoms with Gasteiger partial charge in [-0.2, -0.15) is 0 Å². The molecule has 0 spiro atoms. The maximum absolute atomic E-state index is 12.3. The van der Waals surface area contributed by atoms with Crippen LogP contribution in [0.4, 0.5) is 11.4 Å². The van der Waals surface area contributed by atoms with Crippen molar-refractivity contribution in [1.82, 2.24) is 5.32 Å². The standard InChI is InChI=1S/C20H16ClN3O4/c21-17-8-7-16(12-18(17)24(27)28)23-19(25)9-10-22-20(26)15-6-5-13-3-1-2-4-14(13)11-15/h1-8,11-12H,9-10H2,(H,22,26)(H,23,25). The van der Waals surface area contributed by atoms with Crippen molar-refractivity contribution in [1.29, 1.82) is 0 Å². The second-order valence-corrected chi connectivity index (χ2v) is 6.45. The Morgan fingerprint density at radius 1 is 1.00 bits per heavy atom. The van der Waals surface area contributed by atoms with E-state index in [2.05, 4.69) is 10.6 Å². The average Bonchev–Trinajstić information content (AvgIpc) is 2.68. The van der Waals surface area contributed by atoms with Crippen LogP contribution in [0, 0.1) is 10.1 Å². The molecule has 0 unspecified atom stereocenters. The van der Waals surface area contributed by atoms with E-state index in [1.165, 1.54) is 18.2 Å². The van der Waals surface area contributed by atoms with Gasteiger partial charge >= 0.3 is 0 Å². The Bertz CT molecular complexity index is 1070. The number of carbonyl (C=O) groups excluding carboxylic acids is 2. The summed E-state index contributed by atoms with van der Waals surface area (Å²) >= 11 is 5.74. The first-order chi connectivity index (χ1) is 13.4. The lowest BCUT2D eigenvalue weighted by atomic mass is 10.1. The zero-order valence-corrected chi connectivity index (χ0v) is 15.4. The van der Waals surface area contributed by atoms with E-state index in [0.29, 0.717) is 5.56 Å². The van der Waals surface area contributed by atoms with Crippen molar-refractivity contribution in [3.05, 3.63) is 81.4 Å². The third-order valence-corrected chi connectivity index (χ3v) is 4.40. The lowest BCUT2D eigenvalue weighted by molar-refractivity contribution is -0.384. The summed E-state index contributed by atoms with van der Waals surface area (Å²) in [5, 5.41) is 18.1. The lowest BCUT2D eigenvalue weighted by Gasteiger charge is -2.08. The number of hydrogen-bond acceptors (Lipinski definition) is 4. The number of rotatable bonds is 6. The van der Waals surface area contributed by atoms with Crippen molar-refractivity contribution in [3.8, 4) is 0 Å². The zero-order valence-electron chi connectivity index (χ0n) is 14.6. The molecule has 0 aliphatic carbocycles. The van der Waals surface area contributed by atoms with Crippen molar-refractivity contribution < 1.29 is 14.5 Å². The van der Waals surface area contributed by atoms with Gasteiger partial charge in [0.15, 0.2) is 0 Å². The number of nitrogens with one attached hydrogen (secondary N) is 2. The summed E-state index contributed by atoms with van der Waals surface area (Å²) in [5.74, 6) is -0.656. The van der Waals surface area contributed by atoms with E-state index in [1.54, 1.807) is 12.1 Å². The first-order valence-electron chi connectivity index (χ1n) is 8.45. The van der Waals surface area contributed by atoms with E-state index in [0.717, 1.165) is 10.8 Å². The molecule has 8 heteroatoms. The molecule has 2 amide bonds. The van der Waals surface area contributed by atoms with Crippen LogP contribution in [0.2, 0.25) is 5.02 Å². The van der Waals surface area contributed by atoms with Gasteiger partial charge in [-0.3, -0.25) is 19.7 Å². The smallest absolute Gasteiger partial charge is 0.289 e. The van der Waals surface area contributed by atoms with Gasteiger partial charge in [0.1, 0.15) is 5.02 Å². The van der Waals surface area contributed by atoms with E-state index >= 15 is 0 Å². The largest absolute Gasteiger partial charge is 0.352 e. The fourth-order valence-corrected chi connectivity index (χ4v) is 2.86. The second kappa shape index (κ2) is 8.49. The van der Waals surface area contributed by atoms with Gasteiger partial charge in [0, 0.05) is 30.3 Å². The molecule has 0 heterocycles. The van der Waals surface area contributed by atoms with E-state index in [4.69, 9.17) is 11.6 Å². The molecular weight excluding hydrogens is 382 g/mol. The van der Waals surface area contributed by atoms with E-state index in [9.17, 15) is 19.7 Å². The highest BCUT2D eigenvalue weighted by atomic mass is 35.5. The Kier molecular flexibility index (Phi) is 5.86. The van der Waals surface area contributed by atoms with Crippen LogP contribution in [0.5, 0.6) is 0 Å². The predicted octanol–water partition coefficient (Wildman–Crippen LogP) is 4.16. The number of nitro groups is 1. The number of amides is 2. The van der Waals surface area contributed by atoms with Crippen LogP contribution in [0.3, 0.4) is 0 Å². The highest BCUT2D eigenvalue weighted by Gasteiger charge is 2.14. The maximum Gasteiger partial charge on any atom is 0.289 e. The number of benzene rings is 3. The van der Waals surface area contributed by atoms with Crippen LogP contribution < -0.4 is 10.6 Å². The molecule has 0 fully saturated rings. The Balaban J connectivity index is 1.54. The summed E-state index contributed by atoms with van der Waals surface area (Å²) in [4.78, 5) is 34.5. The SMILES string of the molecule is O=C(CCNC(=O)c1ccc2ccccc2c1)Nc1ccc(Cl)c([N+](=O)[O-])c1. The number of nitrogens with zero attached hydrogens (tertiary/aromatic N) is 1. The fraction of sp³-hybridized carbons (Fsp3) is 0.100. The lowest BCUT2D eigenvalue weighted by Crippen LogP contribution is -2.27. The Morgan fingerprint density at radius 3 is 2.50 bits per heavy atom. The molecule has 142 valence electrons. The van der Waals surface area contributed by atoms with Gasteiger partial charge in [0.2, 0.25) is 5.91 Å². The van der Waals surface area contributed by atoms with Gasteiger partial charge in [-0.05, 0) is 35.0 Å². The van der Waals surface area contributed by atoms with E-state index in [-0.39, 0.29) is 41.2 Å². The highest BCUT2D eigenvalue weighted by Crippen LogP contribution is 2.27. The second-order valence-electron chi connectivity index (χ2n) is 6.04. The number of carbonyl (C=O) groups is 2. The van der Waals surface area contributed by atoms with Crippen molar-refractivity contribution in [2.75, 3.05) is 11.9 Å². The number of fused-ring (bicyclic) bond motifs is 1. The minimum atomic E-state index is -0.623. The van der Waals surface area contributed by atoms with Crippen LogP contribution in [-0.4, -0.2) is 23.3 Å². The molecule has 7 nitrogen and oxygen atoms in total. The number of nitro benzene ring substituents is 1. The number of hydrogen-bond donors (Lipinski definition) is 2. The minimum Gasteiger partial charge on any atom is -0.352 e. The van der Waals surface area contributed by atoms with Crippen molar-refractivity contribution >= 4 is 45.6 Å². The quantitative estimate of drug-likeness (QED) is 0.481. The van der Waals surface area contributed by atoms with Crippen LogP contribution in [-0.2, 0) is 4.79 Å². The first kappa shape index (κ1) is 19.3. The molecule has 0 bridgehead atoms. The number of anilines is 1. The topological polar surface area (TPSA) is 101 Å². The van der Waals surface area contributed by atoms with Gasteiger partial charge in [-0.25, -0.2) is 0 Å². The van der Waals surface area contributed by atoms with Crippen LogP contribution >= 0.6 is 11.6 Å². The predicted molar refractivity (Wildman–Crippen MR) is 108 cm³/mol. The summed E-state index contributed by atoms with van der Waals surface area (Å²) < 4.78 is 0. The van der Waals surface area contributed by atoms with Crippen LogP contribution in [0.1, 0.15) is 16.8 Å². The van der Waals surface area contributed by atoms with Crippen LogP contribution in [0.25, 0.3) is 10.8 Å². The normalized spacial score (nSPS) is 10.5. The van der Waals surface area contributed by atoms with Gasteiger partial charge < -0.3 is 10.6 Å². The molecule has 28 heavy (non-hydrogen) atoms. The maximum atomic E-state index is 12.3. The minimum absolute atomic E-state index is 0.00866.